The second-order valence-corrected chi connectivity index (χ2v) is 6.95. The van der Waals surface area contributed by atoms with E-state index in [9.17, 15) is 19.5 Å². The molecule has 1 fully saturated rings. The van der Waals surface area contributed by atoms with E-state index in [0.717, 1.165) is 5.56 Å². The van der Waals surface area contributed by atoms with Gasteiger partial charge >= 0.3 is 5.97 Å². The number of hydrogen-bond donors (Lipinski definition) is 2. The Morgan fingerprint density at radius 1 is 1.22 bits per heavy atom. The molecule has 1 aliphatic rings. The van der Waals surface area contributed by atoms with Gasteiger partial charge in [-0.2, -0.15) is 0 Å². The summed E-state index contributed by atoms with van der Waals surface area (Å²) < 4.78 is 5.01. The number of likely N-dealkylation sites (tertiary alicyclic amines) is 1. The minimum Gasteiger partial charge on any atom is -0.481 e. The minimum atomic E-state index is -0.961. The second-order valence-electron chi connectivity index (χ2n) is 6.52. The van der Waals surface area contributed by atoms with E-state index in [4.69, 9.17) is 16.0 Å². The standard InChI is InChI=1S/C19H19ClN2O5/c1-11(21-17(23)16-3-2-8-27-16)18(24)22-9-14(15(10-22)19(25)26)12-4-6-13(20)7-5-12/h2-8,11,14-15H,9-10H2,1H3,(H,21,23)(H,25,26)/t11?,14-,15+/m0/s1. The Morgan fingerprint density at radius 3 is 2.52 bits per heavy atom. The van der Waals surface area contributed by atoms with Crippen LogP contribution in [0.4, 0.5) is 0 Å². The molecule has 3 atom stereocenters. The number of carboxylic acids is 1. The molecular weight excluding hydrogens is 372 g/mol. The lowest BCUT2D eigenvalue weighted by molar-refractivity contribution is -0.142. The zero-order valence-electron chi connectivity index (χ0n) is 14.6. The van der Waals surface area contributed by atoms with Gasteiger partial charge in [-0.25, -0.2) is 0 Å². The summed E-state index contributed by atoms with van der Waals surface area (Å²) in [5, 5.41) is 12.7. The summed E-state index contributed by atoms with van der Waals surface area (Å²) in [6.07, 6.45) is 1.37. The molecule has 0 aliphatic carbocycles. The van der Waals surface area contributed by atoms with E-state index in [1.165, 1.54) is 17.2 Å². The molecule has 0 saturated carbocycles. The highest BCUT2D eigenvalue weighted by atomic mass is 35.5. The van der Waals surface area contributed by atoms with Crippen molar-refractivity contribution in [3.8, 4) is 0 Å². The van der Waals surface area contributed by atoms with Crippen LogP contribution in [0.3, 0.4) is 0 Å². The number of rotatable bonds is 5. The fourth-order valence-corrected chi connectivity index (χ4v) is 3.42. The van der Waals surface area contributed by atoms with Crippen LogP contribution in [0.25, 0.3) is 0 Å². The summed E-state index contributed by atoms with van der Waals surface area (Å²) in [4.78, 5) is 37.9. The zero-order valence-corrected chi connectivity index (χ0v) is 15.3. The first-order valence-electron chi connectivity index (χ1n) is 8.48. The lowest BCUT2D eigenvalue weighted by Gasteiger charge is -2.21. The highest BCUT2D eigenvalue weighted by Crippen LogP contribution is 2.33. The summed E-state index contributed by atoms with van der Waals surface area (Å²) in [5.41, 5.74) is 0.814. The first-order valence-corrected chi connectivity index (χ1v) is 8.86. The van der Waals surface area contributed by atoms with Crippen molar-refractivity contribution in [1.29, 1.82) is 0 Å². The van der Waals surface area contributed by atoms with Crippen molar-refractivity contribution in [1.82, 2.24) is 10.2 Å². The third kappa shape index (κ3) is 4.14. The fraction of sp³-hybridized carbons (Fsp3) is 0.316. The lowest BCUT2D eigenvalue weighted by atomic mass is 9.89. The van der Waals surface area contributed by atoms with Crippen molar-refractivity contribution in [2.75, 3.05) is 13.1 Å². The summed E-state index contributed by atoms with van der Waals surface area (Å²) in [6.45, 7) is 1.91. The Balaban J connectivity index is 1.70. The Hall–Kier alpha value is -2.80. The average molecular weight is 391 g/mol. The number of carboxylic acid groups (broad SMARTS) is 1. The molecule has 2 N–H and O–H groups in total. The molecule has 2 heterocycles. The number of benzene rings is 1. The monoisotopic (exact) mass is 390 g/mol. The van der Waals surface area contributed by atoms with Crippen molar-refractivity contribution in [3.05, 3.63) is 59.0 Å². The van der Waals surface area contributed by atoms with Gasteiger partial charge in [0.15, 0.2) is 5.76 Å². The van der Waals surface area contributed by atoms with Crippen molar-refractivity contribution >= 4 is 29.4 Å². The van der Waals surface area contributed by atoms with Gasteiger partial charge in [0, 0.05) is 24.0 Å². The molecule has 0 bridgehead atoms. The van der Waals surface area contributed by atoms with E-state index >= 15 is 0 Å². The van der Waals surface area contributed by atoms with E-state index < -0.39 is 23.8 Å². The smallest absolute Gasteiger partial charge is 0.308 e. The van der Waals surface area contributed by atoms with Gasteiger partial charge in [-0.1, -0.05) is 23.7 Å². The summed E-state index contributed by atoms with van der Waals surface area (Å²) >= 11 is 5.90. The van der Waals surface area contributed by atoms with E-state index in [0.29, 0.717) is 5.02 Å². The minimum absolute atomic E-state index is 0.0857. The largest absolute Gasteiger partial charge is 0.481 e. The maximum Gasteiger partial charge on any atom is 0.308 e. The number of hydrogen-bond acceptors (Lipinski definition) is 4. The Bertz CT molecular complexity index is 834. The van der Waals surface area contributed by atoms with Gasteiger partial charge in [-0.05, 0) is 36.8 Å². The third-order valence-electron chi connectivity index (χ3n) is 4.71. The van der Waals surface area contributed by atoms with Crippen LogP contribution in [0.1, 0.15) is 29.0 Å². The van der Waals surface area contributed by atoms with E-state index in [-0.39, 0.29) is 30.7 Å². The van der Waals surface area contributed by atoms with Gasteiger partial charge in [0.1, 0.15) is 6.04 Å². The van der Waals surface area contributed by atoms with Crippen molar-refractivity contribution in [2.45, 2.75) is 18.9 Å². The number of amides is 2. The molecule has 27 heavy (non-hydrogen) atoms. The van der Waals surface area contributed by atoms with Crippen LogP contribution >= 0.6 is 11.6 Å². The molecule has 7 nitrogen and oxygen atoms in total. The molecule has 0 spiro atoms. The number of carbonyl (C=O) groups excluding carboxylic acids is 2. The number of aliphatic carboxylic acids is 1. The van der Waals surface area contributed by atoms with Crippen molar-refractivity contribution < 1.29 is 23.9 Å². The first-order chi connectivity index (χ1) is 12.9. The fourth-order valence-electron chi connectivity index (χ4n) is 3.29. The highest BCUT2D eigenvalue weighted by Gasteiger charge is 2.41. The molecule has 1 aliphatic heterocycles. The van der Waals surface area contributed by atoms with Crippen LogP contribution in [0.5, 0.6) is 0 Å². The summed E-state index contributed by atoms with van der Waals surface area (Å²) in [5.74, 6) is -2.74. The molecule has 3 rings (SSSR count). The predicted molar refractivity (Wildman–Crippen MR) is 97.5 cm³/mol. The number of halogens is 1. The summed E-state index contributed by atoms with van der Waals surface area (Å²) in [6, 6.07) is 9.23. The highest BCUT2D eigenvalue weighted by molar-refractivity contribution is 6.30. The van der Waals surface area contributed by atoms with Crippen LogP contribution in [0, 0.1) is 5.92 Å². The van der Waals surface area contributed by atoms with Crippen LogP contribution in [-0.2, 0) is 9.59 Å². The lowest BCUT2D eigenvalue weighted by Crippen LogP contribution is -2.46. The second kappa shape index (κ2) is 7.84. The quantitative estimate of drug-likeness (QED) is 0.816. The van der Waals surface area contributed by atoms with Crippen molar-refractivity contribution in [3.63, 3.8) is 0 Å². The number of nitrogens with zero attached hydrogens (tertiary/aromatic N) is 1. The zero-order chi connectivity index (χ0) is 19.6. The SMILES string of the molecule is CC(NC(=O)c1ccco1)C(=O)N1C[C@@H](C(=O)O)[C@H](c2ccc(Cl)cc2)C1. The predicted octanol–water partition coefficient (Wildman–Crippen LogP) is 2.38. The maximum atomic E-state index is 12.7. The van der Waals surface area contributed by atoms with E-state index in [1.54, 1.807) is 37.3 Å². The normalized spacial score (nSPS) is 20.3. The number of furan rings is 1. The molecule has 1 unspecified atom stereocenters. The molecule has 0 radical (unpaired) electrons. The Morgan fingerprint density at radius 2 is 1.93 bits per heavy atom. The van der Waals surface area contributed by atoms with Gasteiger partial charge in [0.25, 0.3) is 5.91 Å². The molecule has 142 valence electrons. The molecule has 1 aromatic heterocycles. The third-order valence-corrected chi connectivity index (χ3v) is 4.96. The van der Waals surface area contributed by atoms with Gasteiger partial charge in [0.2, 0.25) is 5.91 Å². The molecule has 2 aromatic rings. The average Bonchev–Trinajstić information content (AvgIpc) is 3.31. The van der Waals surface area contributed by atoms with Crippen LogP contribution in [-0.4, -0.2) is 46.9 Å². The van der Waals surface area contributed by atoms with E-state index in [1.807, 2.05) is 0 Å². The van der Waals surface area contributed by atoms with Gasteiger partial charge < -0.3 is 19.7 Å². The van der Waals surface area contributed by atoms with Gasteiger partial charge in [0.05, 0.1) is 12.2 Å². The molecule has 2 amide bonds. The van der Waals surface area contributed by atoms with Crippen LogP contribution in [0.2, 0.25) is 5.02 Å². The Labute approximate surface area is 160 Å². The maximum absolute atomic E-state index is 12.7. The first kappa shape index (κ1) is 19.0. The van der Waals surface area contributed by atoms with Gasteiger partial charge in [-0.3, -0.25) is 14.4 Å². The molecule has 1 aromatic carbocycles. The van der Waals surface area contributed by atoms with Crippen molar-refractivity contribution in [2.24, 2.45) is 5.92 Å². The molecular formula is C19H19ClN2O5. The van der Waals surface area contributed by atoms with Crippen LogP contribution < -0.4 is 5.32 Å². The summed E-state index contributed by atoms with van der Waals surface area (Å²) in [7, 11) is 0. The van der Waals surface area contributed by atoms with Crippen LogP contribution in [0.15, 0.2) is 47.1 Å². The van der Waals surface area contributed by atoms with E-state index in [2.05, 4.69) is 5.32 Å². The number of nitrogens with one attached hydrogen (secondary N) is 1. The number of carbonyl (C=O) groups is 3. The van der Waals surface area contributed by atoms with Gasteiger partial charge in [-0.15, -0.1) is 0 Å². The molecule has 1 saturated heterocycles. The Kier molecular flexibility index (Phi) is 5.51. The topological polar surface area (TPSA) is 99.9 Å². The molecule has 8 heteroatoms.